The Morgan fingerprint density at radius 1 is 1.30 bits per heavy atom. The normalized spacial score (nSPS) is 15.5. The van der Waals surface area contributed by atoms with Crippen LogP contribution in [0.1, 0.15) is 16.3 Å². The molecular weight excluding hydrogens is 310 g/mol. The van der Waals surface area contributed by atoms with Crippen molar-refractivity contribution in [3.63, 3.8) is 0 Å². The average Bonchev–Trinajstić information content (AvgIpc) is 2.95. The van der Waals surface area contributed by atoms with E-state index in [2.05, 4.69) is 27.3 Å². The van der Waals surface area contributed by atoms with E-state index in [1.54, 1.807) is 11.3 Å². The van der Waals surface area contributed by atoms with Crippen molar-refractivity contribution in [1.29, 1.82) is 0 Å². The van der Waals surface area contributed by atoms with Crippen molar-refractivity contribution in [1.82, 2.24) is 9.88 Å². The summed E-state index contributed by atoms with van der Waals surface area (Å²) in [5.74, 6) is -0.0313. The number of nitrogens with zero attached hydrogens (tertiary/aromatic N) is 2. The van der Waals surface area contributed by atoms with Crippen molar-refractivity contribution in [3.05, 3.63) is 45.9 Å². The molecule has 6 heteroatoms. The molecule has 5 nitrogen and oxygen atoms in total. The number of nitrogens with one attached hydrogen (secondary N) is 1. The third-order valence-electron chi connectivity index (χ3n) is 3.76. The molecule has 0 spiro atoms. The third-order valence-corrected chi connectivity index (χ3v) is 4.58. The van der Waals surface area contributed by atoms with E-state index in [0.717, 1.165) is 49.2 Å². The molecule has 0 radical (unpaired) electrons. The van der Waals surface area contributed by atoms with Gasteiger partial charge in [-0.2, -0.15) is 0 Å². The monoisotopic (exact) mass is 331 g/mol. The molecule has 3 rings (SSSR count). The topological polar surface area (TPSA) is 54.5 Å². The first-order chi connectivity index (χ1) is 11.2. The van der Waals surface area contributed by atoms with Gasteiger partial charge in [-0.3, -0.25) is 9.69 Å². The lowest BCUT2D eigenvalue weighted by atomic mass is 10.2. The molecule has 1 aliphatic heterocycles. The molecule has 122 valence electrons. The molecule has 1 aliphatic rings. The summed E-state index contributed by atoms with van der Waals surface area (Å²) in [4.78, 5) is 18.7. The van der Waals surface area contributed by atoms with Gasteiger partial charge in [0.05, 0.1) is 30.3 Å². The van der Waals surface area contributed by atoms with Crippen LogP contribution in [0.3, 0.4) is 0 Å². The predicted molar refractivity (Wildman–Crippen MR) is 91.7 cm³/mol. The molecule has 2 heterocycles. The zero-order valence-electron chi connectivity index (χ0n) is 13.2. The predicted octanol–water partition coefficient (Wildman–Crippen LogP) is 2.46. The van der Waals surface area contributed by atoms with Crippen LogP contribution in [0, 0.1) is 6.92 Å². The van der Waals surface area contributed by atoms with Crippen LogP contribution < -0.4 is 5.32 Å². The Morgan fingerprint density at radius 3 is 2.70 bits per heavy atom. The maximum atomic E-state index is 12.0. The molecule has 23 heavy (non-hydrogen) atoms. The lowest BCUT2D eigenvalue weighted by Gasteiger charge is -2.26. The summed E-state index contributed by atoms with van der Waals surface area (Å²) < 4.78 is 5.36. The minimum atomic E-state index is -0.0313. The molecule has 0 aliphatic carbocycles. The first-order valence-electron chi connectivity index (χ1n) is 7.79. The second-order valence-electron chi connectivity index (χ2n) is 5.67. The number of rotatable bonds is 5. The molecule has 1 aromatic heterocycles. The van der Waals surface area contributed by atoms with Crippen LogP contribution in [-0.2, 0) is 22.5 Å². The van der Waals surface area contributed by atoms with Gasteiger partial charge in [-0.15, -0.1) is 11.3 Å². The Bertz CT molecular complexity index is 648. The number of aryl methyl sites for hydroxylation is 1. The fourth-order valence-electron chi connectivity index (χ4n) is 2.57. The van der Waals surface area contributed by atoms with Crippen molar-refractivity contribution in [2.24, 2.45) is 0 Å². The quantitative estimate of drug-likeness (QED) is 0.914. The van der Waals surface area contributed by atoms with E-state index in [0.29, 0.717) is 6.42 Å². The van der Waals surface area contributed by atoms with E-state index in [-0.39, 0.29) is 5.91 Å². The minimum Gasteiger partial charge on any atom is -0.379 e. The van der Waals surface area contributed by atoms with Crippen molar-refractivity contribution >= 4 is 22.9 Å². The standard InChI is InChI=1S/C17H21N3O2S/c1-13-18-16(12-23-13)10-17(21)19-15-4-2-14(3-5-15)11-20-6-8-22-9-7-20/h2-5,12H,6-11H2,1H3,(H,19,21). The Balaban J connectivity index is 1.51. The van der Waals surface area contributed by atoms with Crippen LogP contribution in [0.2, 0.25) is 0 Å². The molecule has 2 aromatic rings. The highest BCUT2D eigenvalue weighted by Gasteiger charge is 2.11. The highest BCUT2D eigenvalue weighted by molar-refractivity contribution is 7.09. The summed E-state index contributed by atoms with van der Waals surface area (Å²) in [6, 6.07) is 8.05. The van der Waals surface area contributed by atoms with Gasteiger partial charge in [0, 0.05) is 30.7 Å². The summed E-state index contributed by atoms with van der Waals surface area (Å²) in [6.07, 6.45) is 0.319. The van der Waals surface area contributed by atoms with Crippen molar-refractivity contribution in [2.75, 3.05) is 31.6 Å². The van der Waals surface area contributed by atoms with E-state index in [1.165, 1.54) is 5.56 Å². The first-order valence-corrected chi connectivity index (χ1v) is 8.67. The van der Waals surface area contributed by atoms with Crippen LogP contribution in [0.25, 0.3) is 0 Å². The number of amides is 1. The molecule has 1 saturated heterocycles. The Morgan fingerprint density at radius 2 is 2.04 bits per heavy atom. The number of benzene rings is 1. The number of hydrogen-bond donors (Lipinski definition) is 1. The third kappa shape index (κ3) is 4.86. The molecule has 1 aromatic carbocycles. The molecular formula is C17H21N3O2S. The smallest absolute Gasteiger partial charge is 0.230 e. The summed E-state index contributed by atoms with van der Waals surface area (Å²) in [6.45, 7) is 6.44. The van der Waals surface area contributed by atoms with E-state index in [9.17, 15) is 4.79 Å². The van der Waals surface area contributed by atoms with Gasteiger partial charge in [0.1, 0.15) is 0 Å². The number of carbonyl (C=O) groups is 1. The summed E-state index contributed by atoms with van der Waals surface area (Å²) in [7, 11) is 0. The summed E-state index contributed by atoms with van der Waals surface area (Å²) in [5.41, 5.74) is 2.90. The number of anilines is 1. The molecule has 0 unspecified atom stereocenters. The van der Waals surface area contributed by atoms with Gasteiger partial charge >= 0.3 is 0 Å². The average molecular weight is 331 g/mol. The van der Waals surface area contributed by atoms with Crippen molar-refractivity contribution in [3.8, 4) is 0 Å². The zero-order chi connectivity index (χ0) is 16.1. The van der Waals surface area contributed by atoms with Gasteiger partial charge in [0.25, 0.3) is 0 Å². The second kappa shape index (κ2) is 7.68. The van der Waals surface area contributed by atoms with Gasteiger partial charge in [-0.1, -0.05) is 12.1 Å². The number of aromatic nitrogens is 1. The van der Waals surface area contributed by atoms with E-state index >= 15 is 0 Å². The van der Waals surface area contributed by atoms with E-state index in [1.807, 2.05) is 24.4 Å². The maximum absolute atomic E-state index is 12.0. The van der Waals surface area contributed by atoms with Crippen LogP contribution in [0.5, 0.6) is 0 Å². The Hall–Kier alpha value is -1.76. The molecule has 1 N–H and O–H groups in total. The molecule has 0 atom stereocenters. The maximum Gasteiger partial charge on any atom is 0.230 e. The Kier molecular flexibility index (Phi) is 5.38. The molecule has 0 saturated carbocycles. The van der Waals surface area contributed by atoms with Crippen LogP contribution >= 0.6 is 11.3 Å². The number of morpholine rings is 1. The number of carbonyl (C=O) groups excluding carboxylic acids is 1. The van der Waals surface area contributed by atoms with Crippen LogP contribution in [0.4, 0.5) is 5.69 Å². The minimum absolute atomic E-state index is 0.0313. The van der Waals surface area contributed by atoms with Gasteiger partial charge in [-0.05, 0) is 24.6 Å². The highest BCUT2D eigenvalue weighted by atomic mass is 32.1. The van der Waals surface area contributed by atoms with Crippen molar-refractivity contribution < 1.29 is 9.53 Å². The summed E-state index contributed by atoms with van der Waals surface area (Å²) >= 11 is 1.57. The lowest BCUT2D eigenvalue weighted by molar-refractivity contribution is -0.115. The van der Waals surface area contributed by atoms with Gasteiger partial charge in [-0.25, -0.2) is 4.98 Å². The largest absolute Gasteiger partial charge is 0.379 e. The Labute approximate surface area is 140 Å². The summed E-state index contributed by atoms with van der Waals surface area (Å²) in [5, 5.41) is 5.84. The number of ether oxygens (including phenoxy) is 1. The SMILES string of the molecule is Cc1nc(CC(=O)Nc2ccc(CN3CCOCC3)cc2)cs1. The van der Waals surface area contributed by atoms with Crippen LogP contribution in [-0.4, -0.2) is 42.1 Å². The molecule has 1 amide bonds. The molecule has 0 bridgehead atoms. The van der Waals surface area contributed by atoms with Crippen LogP contribution in [0.15, 0.2) is 29.6 Å². The van der Waals surface area contributed by atoms with Gasteiger partial charge in [0.15, 0.2) is 0 Å². The fraction of sp³-hybridized carbons (Fsp3) is 0.412. The zero-order valence-corrected chi connectivity index (χ0v) is 14.1. The first kappa shape index (κ1) is 16.1. The van der Waals surface area contributed by atoms with Gasteiger partial charge < -0.3 is 10.1 Å². The van der Waals surface area contributed by atoms with E-state index < -0.39 is 0 Å². The lowest BCUT2D eigenvalue weighted by Crippen LogP contribution is -2.35. The number of thiazole rings is 1. The number of hydrogen-bond acceptors (Lipinski definition) is 5. The van der Waals surface area contributed by atoms with Crippen molar-refractivity contribution in [2.45, 2.75) is 19.9 Å². The van der Waals surface area contributed by atoms with E-state index in [4.69, 9.17) is 4.74 Å². The van der Waals surface area contributed by atoms with Gasteiger partial charge in [0.2, 0.25) is 5.91 Å². The molecule has 1 fully saturated rings. The fourth-order valence-corrected chi connectivity index (χ4v) is 3.18. The second-order valence-corrected chi connectivity index (χ2v) is 6.73. The highest BCUT2D eigenvalue weighted by Crippen LogP contribution is 2.14.